The van der Waals surface area contributed by atoms with Crippen molar-refractivity contribution < 1.29 is 14.3 Å². The second-order valence-corrected chi connectivity index (χ2v) is 4.10. The van der Waals surface area contributed by atoms with Gasteiger partial charge in [0.1, 0.15) is 5.75 Å². The molecule has 0 spiro atoms. The van der Waals surface area contributed by atoms with E-state index in [0.29, 0.717) is 18.6 Å². The molecule has 0 amide bonds. The van der Waals surface area contributed by atoms with Crippen molar-refractivity contribution in [2.75, 3.05) is 13.7 Å². The molecule has 3 heteroatoms. The fourth-order valence-electron chi connectivity index (χ4n) is 1.85. The van der Waals surface area contributed by atoms with E-state index < -0.39 is 0 Å². The molecule has 0 aliphatic carbocycles. The molecular formula is C16H20O3. The van der Waals surface area contributed by atoms with Gasteiger partial charge in [-0.2, -0.15) is 0 Å². The van der Waals surface area contributed by atoms with Crippen molar-refractivity contribution in [1.82, 2.24) is 0 Å². The highest BCUT2D eigenvalue weighted by atomic mass is 16.5. The third-order valence-electron chi connectivity index (χ3n) is 2.88. The Kier molecular flexibility index (Phi) is 5.86. The molecule has 0 saturated carbocycles. The molecule has 0 N–H and O–H groups in total. The molecule has 1 aromatic carbocycles. The number of methoxy groups -OCH3 is 1. The van der Waals surface area contributed by atoms with Crippen molar-refractivity contribution >= 4 is 5.97 Å². The normalized spacial score (nSPS) is 11.5. The van der Waals surface area contributed by atoms with E-state index >= 15 is 0 Å². The van der Waals surface area contributed by atoms with Gasteiger partial charge in [-0.15, -0.1) is 6.58 Å². The number of hydrogen-bond donors (Lipinski definition) is 0. The average Bonchev–Trinajstić information content (AvgIpc) is 2.44. The summed E-state index contributed by atoms with van der Waals surface area (Å²) in [7, 11) is 1.62. The van der Waals surface area contributed by atoms with Gasteiger partial charge in [0.15, 0.2) is 0 Å². The molecule has 1 rings (SSSR count). The van der Waals surface area contributed by atoms with Crippen molar-refractivity contribution in [2.45, 2.75) is 19.3 Å². The zero-order valence-electron chi connectivity index (χ0n) is 11.5. The van der Waals surface area contributed by atoms with Gasteiger partial charge in [0.25, 0.3) is 0 Å². The number of carbonyl (C=O) groups is 1. The molecule has 0 saturated heterocycles. The number of ether oxygens (including phenoxy) is 2. The first kappa shape index (κ1) is 15.0. The summed E-state index contributed by atoms with van der Waals surface area (Å²) in [6, 6.07) is 7.59. The zero-order valence-corrected chi connectivity index (χ0v) is 11.5. The lowest BCUT2D eigenvalue weighted by Crippen LogP contribution is -2.13. The van der Waals surface area contributed by atoms with E-state index in [4.69, 9.17) is 9.47 Å². The van der Waals surface area contributed by atoms with Gasteiger partial charge >= 0.3 is 5.97 Å². The Morgan fingerprint density at radius 2 is 2.00 bits per heavy atom. The van der Waals surface area contributed by atoms with E-state index in [1.165, 1.54) is 0 Å². The summed E-state index contributed by atoms with van der Waals surface area (Å²) in [5, 5.41) is 0. The molecule has 0 bridgehead atoms. The first-order chi connectivity index (χ1) is 9.13. The predicted octanol–water partition coefficient (Wildman–Crippen LogP) is 3.47. The maximum atomic E-state index is 11.8. The molecule has 1 atom stereocenters. The smallest absolute Gasteiger partial charge is 0.334 e. The molecule has 1 unspecified atom stereocenters. The molecule has 19 heavy (non-hydrogen) atoms. The summed E-state index contributed by atoms with van der Waals surface area (Å²) < 4.78 is 10.1. The molecule has 0 radical (unpaired) electrons. The van der Waals surface area contributed by atoms with Crippen LogP contribution in [0.5, 0.6) is 5.75 Å². The predicted molar refractivity (Wildman–Crippen MR) is 76.3 cm³/mol. The highest BCUT2D eigenvalue weighted by Crippen LogP contribution is 2.29. The van der Waals surface area contributed by atoms with Gasteiger partial charge in [0, 0.05) is 11.5 Å². The van der Waals surface area contributed by atoms with Crippen LogP contribution in [-0.2, 0) is 9.53 Å². The third kappa shape index (κ3) is 3.98. The fraction of sp³-hybridized carbons (Fsp3) is 0.312. The molecule has 0 aliphatic heterocycles. The fourth-order valence-corrected chi connectivity index (χ4v) is 1.85. The number of carbonyl (C=O) groups excluding carboxylic acids is 1. The first-order valence-electron chi connectivity index (χ1n) is 6.24. The topological polar surface area (TPSA) is 35.5 Å². The average molecular weight is 260 g/mol. The molecular weight excluding hydrogens is 240 g/mol. The van der Waals surface area contributed by atoms with Gasteiger partial charge in [0.05, 0.1) is 13.7 Å². The molecule has 0 fully saturated rings. The SMILES string of the molecule is C=CCC(C(=C)C(=O)OCC)c1ccc(OC)cc1. The van der Waals surface area contributed by atoms with Crippen LogP contribution in [0.1, 0.15) is 24.8 Å². The Bertz CT molecular complexity index is 446. The summed E-state index contributed by atoms with van der Waals surface area (Å²) in [5.41, 5.74) is 1.45. The number of benzene rings is 1. The third-order valence-corrected chi connectivity index (χ3v) is 2.88. The zero-order chi connectivity index (χ0) is 14.3. The lowest BCUT2D eigenvalue weighted by molar-refractivity contribution is -0.138. The maximum absolute atomic E-state index is 11.8. The van der Waals surface area contributed by atoms with Crippen molar-refractivity contribution in [3.05, 3.63) is 54.6 Å². The largest absolute Gasteiger partial charge is 0.497 e. The minimum absolute atomic E-state index is 0.109. The van der Waals surface area contributed by atoms with E-state index in [-0.39, 0.29) is 11.9 Å². The molecule has 1 aromatic rings. The summed E-state index contributed by atoms with van der Waals surface area (Å²) >= 11 is 0. The van der Waals surface area contributed by atoms with Crippen molar-refractivity contribution in [3.63, 3.8) is 0 Å². The Labute approximate surface area is 114 Å². The van der Waals surface area contributed by atoms with Gasteiger partial charge in [-0.05, 0) is 31.0 Å². The van der Waals surface area contributed by atoms with E-state index in [1.807, 2.05) is 24.3 Å². The summed E-state index contributed by atoms with van der Waals surface area (Å²) in [5.74, 6) is 0.315. The summed E-state index contributed by atoms with van der Waals surface area (Å²) in [4.78, 5) is 11.8. The van der Waals surface area contributed by atoms with E-state index in [0.717, 1.165) is 11.3 Å². The minimum Gasteiger partial charge on any atom is -0.497 e. The lowest BCUT2D eigenvalue weighted by Gasteiger charge is -2.17. The van der Waals surface area contributed by atoms with Gasteiger partial charge in [0.2, 0.25) is 0 Å². The van der Waals surface area contributed by atoms with Crippen LogP contribution >= 0.6 is 0 Å². The monoisotopic (exact) mass is 260 g/mol. The van der Waals surface area contributed by atoms with Crippen LogP contribution in [-0.4, -0.2) is 19.7 Å². The van der Waals surface area contributed by atoms with Crippen LogP contribution in [0.4, 0.5) is 0 Å². The van der Waals surface area contributed by atoms with Crippen LogP contribution in [0.25, 0.3) is 0 Å². The van der Waals surface area contributed by atoms with Crippen molar-refractivity contribution in [1.29, 1.82) is 0 Å². The van der Waals surface area contributed by atoms with Gasteiger partial charge in [-0.25, -0.2) is 4.79 Å². The van der Waals surface area contributed by atoms with Gasteiger partial charge in [-0.1, -0.05) is 24.8 Å². The van der Waals surface area contributed by atoms with Crippen LogP contribution in [0.15, 0.2) is 49.1 Å². The molecule has 102 valence electrons. The van der Waals surface area contributed by atoms with E-state index in [2.05, 4.69) is 13.2 Å². The second-order valence-electron chi connectivity index (χ2n) is 4.10. The van der Waals surface area contributed by atoms with Crippen molar-refractivity contribution in [2.24, 2.45) is 0 Å². The quantitative estimate of drug-likeness (QED) is 0.428. The van der Waals surface area contributed by atoms with E-state index in [1.54, 1.807) is 20.1 Å². The number of hydrogen-bond acceptors (Lipinski definition) is 3. The Morgan fingerprint density at radius 3 is 2.47 bits per heavy atom. The van der Waals surface area contributed by atoms with Crippen LogP contribution < -0.4 is 4.74 Å². The number of esters is 1. The van der Waals surface area contributed by atoms with Crippen LogP contribution in [0.2, 0.25) is 0 Å². The minimum atomic E-state index is -0.356. The van der Waals surface area contributed by atoms with Crippen LogP contribution in [0, 0.1) is 0 Å². The summed E-state index contributed by atoms with van der Waals surface area (Å²) in [6.07, 6.45) is 2.42. The van der Waals surface area contributed by atoms with Crippen molar-refractivity contribution in [3.8, 4) is 5.75 Å². The van der Waals surface area contributed by atoms with Gasteiger partial charge < -0.3 is 9.47 Å². The Hall–Kier alpha value is -2.03. The Balaban J connectivity index is 2.95. The molecule has 3 nitrogen and oxygen atoms in total. The molecule has 0 aromatic heterocycles. The Morgan fingerprint density at radius 1 is 1.37 bits per heavy atom. The standard InChI is InChI=1S/C16H20O3/c1-5-7-15(12(3)16(17)19-6-2)13-8-10-14(18-4)11-9-13/h5,8-11,15H,1,3,6-7H2,2,4H3. The first-order valence-corrected chi connectivity index (χ1v) is 6.24. The molecule has 0 aliphatic rings. The van der Waals surface area contributed by atoms with Crippen LogP contribution in [0.3, 0.4) is 0 Å². The maximum Gasteiger partial charge on any atom is 0.334 e. The summed E-state index contributed by atoms with van der Waals surface area (Å²) in [6.45, 7) is 9.71. The van der Waals surface area contributed by atoms with E-state index in [9.17, 15) is 4.79 Å². The highest BCUT2D eigenvalue weighted by molar-refractivity contribution is 5.89. The highest BCUT2D eigenvalue weighted by Gasteiger charge is 2.20. The number of rotatable bonds is 7. The number of allylic oxidation sites excluding steroid dienone is 1. The lowest BCUT2D eigenvalue weighted by atomic mass is 9.89. The molecule has 0 heterocycles. The second kappa shape index (κ2) is 7.41. The van der Waals surface area contributed by atoms with Gasteiger partial charge in [-0.3, -0.25) is 0 Å².